The van der Waals surface area contributed by atoms with Crippen LogP contribution in [0.5, 0.6) is 0 Å². The van der Waals surface area contributed by atoms with Crippen LogP contribution in [0.1, 0.15) is 53.4 Å². The topological polar surface area (TPSA) is 12.0 Å². The Bertz CT molecular complexity index is 201. The summed E-state index contributed by atoms with van der Waals surface area (Å²) in [5.41, 5.74) is 3.07. The van der Waals surface area contributed by atoms with Crippen LogP contribution in [0.15, 0.2) is 23.3 Å². The van der Waals surface area contributed by atoms with E-state index in [-0.39, 0.29) is 0 Å². The molecule has 0 radical (unpaired) electrons. The van der Waals surface area contributed by atoms with Crippen molar-refractivity contribution in [2.75, 3.05) is 13.1 Å². The van der Waals surface area contributed by atoms with Gasteiger partial charge in [0.2, 0.25) is 0 Å². The van der Waals surface area contributed by atoms with Crippen molar-refractivity contribution < 1.29 is 0 Å². The number of hydrogen-bond donors (Lipinski definition) is 1. The third kappa shape index (κ3) is 7.38. The third-order valence-corrected chi connectivity index (χ3v) is 2.50. The van der Waals surface area contributed by atoms with Gasteiger partial charge in [0, 0.05) is 6.54 Å². The first-order valence-electron chi connectivity index (χ1n) is 6.39. The molecule has 0 spiro atoms. The van der Waals surface area contributed by atoms with Crippen LogP contribution in [-0.2, 0) is 0 Å². The van der Waals surface area contributed by atoms with E-state index in [4.69, 9.17) is 0 Å². The minimum atomic E-state index is 1.09. The van der Waals surface area contributed by atoms with E-state index >= 15 is 0 Å². The summed E-state index contributed by atoms with van der Waals surface area (Å²) in [7, 11) is 0. The van der Waals surface area contributed by atoms with Gasteiger partial charge in [0.1, 0.15) is 0 Å². The second-order valence-electron chi connectivity index (χ2n) is 3.87. The molecule has 88 valence electrons. The lowest BCUT2D eigenvalue weighted by Gasteiger charge is -2.12. The molecule has 1 nitrogen and oxygen atoms in total. The predicted molar refractivity (Wildman–Crippen MR) is 70.2 cm³/mol. The van der Waals surface area contributed by atoms with E-state index in [9.17, 15) is 0 Å². The van der Waals surface area contributed by atoms with Gasteiger partial charge in [0.25, 0.3) is 0 Å². The van der Waals surface area contributed by atoms with Crippen molar-refractivity contribution in [1.82, 2.24) is 5.32 Å². The predicted octanol–water partition coefficient (Wildman–Crippen LogP) is 4.07. The second kappa shape index (κ2) is 9.97. The average Bonchev–Trinajstić information content (AvgIpc) is 2.30. The standard InChI is InChI=1S/C12H21N.C2H6/c1-3-4-9-13-10-12-7-5-11(2)6-8-12;1-2/h5,7,13H,3-4,6,8-10H2,1-2H3;1-2H3. The molecule has 1 aliphatic carbocycles. The molecule has 0 aromatic heterocycles. The quantitative estimate of drug-likeness (QED) is 0.673. The maximum Gasteiger partial charge on any atom is 0.0167 e. The maximum atomic E-state index is 3.47. The lowest BCUT2D eigenvalue weighted by molar-refractivity contribution is 0.658. The summed E-state index contributed by atoms with van der Waals surface area (Å²) >= 11 is 0. The van der Waals surface area contributed by atoms with E-state index in [1.807, 2.05) is 13.8 Å². The van der Waals surface area contributed by atoms with Crippen LogP contribution < -0.4 is 5.32 Å². The fourth-order valence-corrected chi connectivity index (χ4v) is 1.48. The van der Waals surface area contributed by atoms with Gasteiger partial charge >= 0.3 is 0 Å². The minimum Gasteiger partial charge on any atom is -0.313 e. The highest BCUT2D eigenvalue weighted by molar-refractivity contribution is 5.23. The molecule has 0 saturated carbocycles. The van der Waals surface area contributed by atoms with E-state index < -0.39 is 0 Å². The van der Waals surface area contributed by atoms with Gasteiger partial charge in [0.15, 0.2) is 0 Å². The van der Waals surface area contributed by atoms with Crippen LogP contribution in [0.2, 0.25) is 0 Å². The molecule has 0 amide bonds. The van der Waals surface area contributed by atoms with Gasteiger partial charge in [-0.3, -0.25) is 0 Å². The Balaban J connectivity index is 0.000000921. The molecule has 1 rings (SSSR count). The summed E-state index contributed by atoms with van der Waals surface area (Å²) in [6, 6.07) is 0. The van der Waals surface area contributed by atoms with Crippen LogP contribution >= 0.6 is 0 Å². The number of rotatable bonds is 5. The average molecular weight is 209 g/mol. The second-order valence-corrected chi connectivity index (χ2v) is 3.87. The summed E-state index contributed by atoms with van der Waals surface area (Å²) in [5.74, 6) is 0. The molecule has 0 heterocycles. The van der Waals surface area contributed by atoms with Crippen molar-refractivity contribution in [3.05, 3.63) is 23.3 Å². The fourth-order valence-electron chi connectivity index (χ4n) is 1.48. The van der Waals surface area contributed by atoms with Gasteiger partial charge in [-0.2, -0.15) is 0 Å². The molecule has 0 saturated heterocycles. The summed E-state index contributed by atoms with van der Waals surface area (Å²) in [6.07, 6.45) is 9.61. The Kier molecular flexibility index (Phi) is 9.60. The van der Waals surface area contributed by atoms with Crippen LogP contribution in [-0.4, -0.2) is 13.1 Å². The maximum absolute atomic E-state index is 3.47. The van der Waals surface area contributed by atoms with Crippen LogP contribution in [0.25, 0.3) is 0 Å². The lowest BCUT2D eigenvalue weighted by atomic mass is 9.99. The Labute approximate surface area is 95.7 Å². The smallest absolute Gasteiger partial charge is 0.0167 e. The largest absolute Gasteiger partial charge is 0.313 e. The first kappa shape index (κ1) is 14.4. The molecule has 1 heteroatoms. The molecule has 0 aromatic rings. The molecule has 0 bridgehead atoms. The van der Waals surface area contributed by atoms with Gasteiger partial charge < -0.3 is 5.32 Å². The molecule has 0 aliphatic heterocycles. The van der Waals surface area contributed by atoms with Crippen molar-refractivity contribution in [3.8, 4) is 0 Å². The molecule has 0 atom stereocenters. The Morgan fingerprint density at radius 2 is 1.93 bits per heavy atom. The van der Waals surface area contributed by atoms with Gasteiger partial charge in [-0.1, -0.05) is 50.5 Å². The van der Waals surface area contributed by atoms with Crippen molar-refractivity contribution in [1.29, 1.82) is 0 Å². The van der Waals surface area contributed by atoms with Crippen molar-refractivity contribution in [2.24, 2.45) is 0 Å². The molecule has 0 unspecified atom stereocenters. The third-order valence-electron chi connectivity index (χ3n) is 2.50. The van der Waals surface area contributed by atoms with Gasteiger partial charge in [-0.05, 0) is 32.7 Å². The molecular weight excluding hydrogens is 182 g/mol. The molecule has 0 aromatic carbocycles. The summed E-state index contributed by atoms with van der Waals surface area (Å²) < 4.78 is 0. The summed E-state index contributed by atoms with van der Waals surface area (Å²) in [5, 5.41) is 3.47. The number of nitrogens with one attached hydrogen (secondary N) is 1. The summed E-state index contributed by atoms with van der Waals surface area (Å²) in [6.45, 7) is 10.7. The number of hydrogen-bond acceptors (Lipinski definition) is 1. The zero-order chi connectivity index (χ0) is 11.5. The Morgan fingerprint density at radius 1 is 1.20 bits per heavy atom. The molecule has 15 heavy (non-hydrogen) atoms. The van der Waals surface area contributed by atoms with Crippen molar-refractivity contribution in [2.45, 2.75) is 53.4 Å². The zero-order valence-corrected chi connectivity index (χ0v) is 10.9. The number of unbranched alkanes of at least 4 members (excludes halogenated alkanes) is 1. The van der Waals surface area contributed by atoms with E-state index in [2.05, 4.69) is 31.3 Å². The van der Waals surface area contributed by atoms with Gasteiger partial charge in [0.05, 0.1) is 0 Å². The van der Waals surface area contributed by atoms with E-state index in [1.54, 1.807) is 5.57 Å². The monoisotopic (exact) mass is 209 g/mol. The SMILES string of the molecule is CC.CCCCNCC1=CC=C(C)CC1. The van der Waals surface area contributed by atoms with E-state index in [1.165, 1.54) is 31.3 Å². The van der Waals surface area contributed by atoms with Crippen molar-refractivity contribution >= 4 is 0 Å². The fraction of sp³-hybridized carbons (Fsp3) is 0.714. The first-order valence-corrected chi connectivity index (χ1v) is 6.39. The highest BCUT2D eigenvalue weighted by Crippen LogP contribution is 2.16. The van der Waals surface area contributed by atoms with Crippen molar-refractivity contribution in [3.63, 3.8) is 0 Å². The zero-order valence-electron chi connectivity index (χ0n) is 10.9. The van der Waals surface area contributed by atoms with Gasteiger partial charge in [-0.15, -0.1) is 0 Å². The molecule has 1 N–H and O–H groups in total. The van der Waals surface area contributed by atoms with E-state index in [0.717, 1.165) is 13.1 Å². The minimum absolute atomic E-state index is 1.09. The Hall–Kier alpha value is -0.560. The lowest BCUT2D eigenvalue weighted by Crippen LogP contribution is -2.18. The highest BCUT2D eigenvalue weighted by atomic mass is 14.8. The first-order chi connectivity index (χ1) is 7.33. The van der Waals surface area contributed by atoms with Gasteiger partial charge in [-0.25, -0.2) is 0 Å². The molecule has 0 fully saturated rings. The molecule has 1 aliphatic rings. The highest BCUT2D eigenvalue weighted by Gasteiger charge is 2.01. The number of allylic oxidation sites excluding steroid dienone is 3. The molecular formula is C14H27N. The van der Waals surface area contributed by atoms with Crippen LogP contribution in [0.4, 0.5) is 0 Å². The summed E-state index contributed by atoms with van der Waals surface area (Å²) in [4.78, 5) is 0. The Morgan fingerprint density at radius 3 is 2.47 bits per heavy atom. The van der Waals surface area contributed by atoms with Crippen LogP contribution in [0.3, 0.4) is 0 Å². The normalized spacial score (nSPS) is 14.9. The van der Waals surface area contributed by atoms with E-state index in [0.29, 0.717) is 0 Å². The van der Waals surface area contributed by atoms with Crippen LogP contribution in [0, 0.1) is 0 Å².